The molecule has 0 fully saturated rings. The molecule has 0 bridgehead atoms. The lowest BCUT2D eigenvalue weighted by Gasteiger charge is -2.18. The van der Waals surface area contributed by atoms with Gasteiger partial charge in [0.05, 0.1) is 37.8 Å². The van der Waals surface area contributed by atoms with Crippen molar-refractivity contribution in [2.45, 2.75) is 171 Å². The second-order valence-electron chi connectivity index (χ2n) is 24.5. The first-order valence-electron chi connectivity index (χ1n) is 24.7. The van der Waals surface area contributed by atoms with Crippen LogP contribution in [0.15, 0.2) is 118 Å². The van der Waals surface area contributed by atoms with Crippen molar-refractivity contribution >= 4 is 29.5 Å². The van der Waals surface area contributed by atoms with Crippen LogP contribution in [0.1, 0.15) is 157 Å². The van der Waals surface area contributed by atoms with Gasteiger partial charge in [0.1, 0.15) is 5.82 Å². The van der Waals surface area contributed by atoms with Crippen LogP contribution in [0, 0.1) is 45.3 Å². The molecule has 5 aromatic rings. The Balaban J connectivity index is 0.000000452. The van der Waals surface area contributed by atoms with Gasteiger partial charge in [-0.15, -0.1) is 0 Å². The summed E-state index contributed by atoms with van der Waals surface area (Å²) in [4.78, 5) is 13.8. The van der Waals surface area contributed by atoms with Crippen molar-refractivity contribution in [2.75, 3.05) is 17.8 Å². The third-order valence-electron chi connectivity index (χ3n) is 10.1. The summed E-state index contributed by atoms with van der Waals surface area (Å²) >= 11 is 0. The molecule has 0 radical (unpaired) electrons. The molecule has 2 aromatic heterocycles. The predicted octanol–water partition coefficient (Wildman–Crippen LogP) is 13.7. The second kappa shape index (κ2) is 27.5. The van der Waals surface area contributed by atoms with Gasteiger partial charge in [0, 0.05) is 37.0 Å². The number of aromatic nitrogens is 3. The normalized spacial score (nSPS) is 12.2. The van der Waals surface area contributed by atoms with Crippen molar-refractivity contribution in [2.24, 2.45) is 27.1 Å². The SMILES string of the molecule is CC(C)(C)Cc1ccc(C#N)cc1.CC(C)(C)Cc1ccc(S(C)(=O)=O)cc1.CCS(=O)(=O)c1ccc(CC(C)(C)C)cc1.CCS(=O)(=O)c1ccc(CC(C)(C)C)nc1.Cc1cnc(CC(C)(C)C)nc1. The van der Waals surface area contributed by atoms with Gasteiger partial charge in [-0.2, -0.15) is 5.26 Å². The average molecular weight is 1050 g/mol. The van der Waals surface area contributed by atoms with Crippen LogP contribution in [0.5, 0.6) is 0 Å². The average Bonchev–Trinajstić information content (AvgIpc) is 3.23. The number of aryl methyl sites for hydroxylation is 1. The molecule has 0 saturated carbocycles. The Bertz CT molecular complexity index is 2680. The Morgan fingerprint density at radius 2 is 0.764 bits per heavy atom. The standard InChI is InChI=1S/C13H20O2S.C12H19NO2S.C12H15N.C12H18O2S.C10H16N2/c1-5-16(14,15)12-8-6-11(7-9-12)10-13(2,3)4;1-5-16(14,15)11-7-6-10(13-9-11)8-12(2,3)4;1-12(2,3)8-10-4-6-11(9-13)7-5-10;1-12(2,3)9-10-5-7-11(8-6-10)15(4,13)14;1-8-6-11-9(12-7-8)5-10(2,3)4/h6-9H,5,10H2,1-4H3;6-7,9H,5,8H2,1-4H3;4-7H,8H2,1-3H3;5-8H,9H2,1-4H3;6-7H,5H2,1-4H3. The van der Waals surface area contributed by atoms with Crippen LogP contribution in [0.2, 0.25) is 0 Å². The van der Waals surface area contributed by atoms with Crippen LogP contribution in [0.4, 0.5) is 0 Å². The highest BCUT2D eigenvalue weighted by Crippen LogP contribution is 2.25. The van der Waals surface area contributed by atoms with Crippen molar-refractivity contribution in [1.82, 2.24) is 15.0 Å². The first-order chi connectivity index (χ1) is 32.7. The lowest BCUT2D eigenvalue weighted by molar-refractivity contribution is 0.400. The molecule has 0 atom stereocenters. The Morgan fingerprint density at radius 3 is 1.07 bits per heavy atom. The van der Waals surface area contributed by atoms with Crippen LogP contribution in [-0.4, -0.2) is 58.0 Å². The maximum Gasteiger partial charge on any atom is 0.179 e. The molecule has 13 heteroatoms. The summed E-state index contributed by atoms with van der Waals surface area (Å²) in [6.45, 7) is 37.9. The fourth-order valence-corrected chi connectivity index (χ4v) is 9.10. The van der Waals surface area contributed by atoms with Gasteiger partial charge < -0.3 is 0 Å². The van der Waals surface area contributed by atoms with Crippen molar-refractivity contribution < 1.29 is 25.3 Å². The lowest BCUT2D eigenvalue weighted by atomic mass is 9.88. The third kappa shape index (κ3) is 29.1. The van der Waals surface area contributed by atoms with E-state index in [4.69, 9.17) is 5.26 Å². The summed E-state index contributed by atoms with van der Waals surface area (Å²) in [7, 11) is -9.24. The molecule has 0 aliphatic rings. The summed E-state index contributed by atoms with van der Waals surface area (Å²) in [5.74, 6) is 1.21. The predicted molar refractivity (Wildman–Crippen MR) is 299 cm³/mol. The quantitative estimate of drug-likeness (QED) is 0.131. The fraction of sp³-hybridized carbons (Fsp3) is 0.525. The Morgan fingerprint density at radius 1 is 0.431 bits per heavy atom. The largest absolute Gasteiger partial charge is 0.260 e. The number of hydrogen-bond donors (Lipinski definition) is 0. The molecule has 3 aromatic carbocycles. The highest BCUT2D eigenvalue weighted by atomic mass is 32.2. The number of hydrogen-bond acceptors (Lipinski definition) is 10. The van der Waals surface area contributed by atoms with Gasteiger partial charge in [0.25, 0.3) is 0 Å². The molecule has 0 amide bonds. The van der Waals surface area contributed by atoms with Gasteiger partial charge in [0.15, 0.2) is 29.5 Å². The molecule has 0 aliphatic heterocycles. The zero-order chi connectivity index (χ0) is 55.6. The Hall–Kier alpha value is -4.77. The first-order valence-corrected chi connectivity index (χ1v) is 29.9. The van der Waals surface area contributed by atoms with Crippen molar-refractivity contribution in [1.29, 1.82) is 5.26 Å². The summed E-state index contributed by atoms with van der Waals surface area (Å²) < 4.78 is 68.8. The van der Waals surface area contributed by atoms with Crippen LogP contribution in [0.25, 0.3) is 0 Å². The van der Waals surface area contributed by atoms with Gasteiger partial charge in [-0.05, 0) is 130 Å². The summed E-state index contributed by atoms with van der Waals surface area (Å²) in [6, 6.07) is 27.7. The zero-order valence-electron chi connectivity index (χ0n) is 47.2. The molecule has 0 N–H and O–H groups in total. The highest BCUT2D eigenvalue weighted by Gasteiger charge is 2.17. The molecule has 10 nitrogen and oxygen atoms in total. The number of benzene rings is 3. The maximum atomic E-state index is 11.6. The topological polar surface area (TPSA) is 165 Å². The minimum absolute atomic E-state index is 0.118. The first kappa shape index (κ1) is 65.2. The number of nitrogens with zero attached hydrogens (tertiary/aromatic N) is 4. The van der Waals surface area contributed by atoms with Gasteiger partial charge in [-0.3, -0.25) is 4.98 Å². The molecular weight excluding hydrogens is 957 g/mol. The van der Waals surface area contributed by atoms with Gasteiger partial charge >= 0.3 is 0 Å². The van der Waals surface area contributed by atoms with Crippen molar-refractivity contribution in [3.05, 3.63) is 143 Å². The van der Waals surface area contributed by atoms with E-state index < -0.39 is 29.5 Å². The fourth-order valence-electron chi connectivity index (χ4n) is 6.76. The second-order valence-corrected chi connectivity index (χ2v) is 31.1. The van der Waals surface area contributed by atoms with E-state index in [1.165, 1.54) is 29.1 Å². The third-order valence-corrected chi connectivity index (χ3v) is 14.7. The van der Waals surface area contributed by atoms with Crippen LogP contribution in [0.3, 0.4) is 0 Å². The molecule has 2 heterocycles. The molecule has 0 saturated heterocycles. The Labute approximate surface area is 437 Å². The van der Waals surface area contributed by atoms with Crippen LogP contribution >= 0.6 is 0 Å². The van der Waals surface area contributed by atoms with Crippen LogP contribution in [-0.2, 0) is 61.6 Å². The maximum absolute atomic E-state index is 11.6. The van der Waals surface area contributed by atoms with E-state index in [-0.39, 0.29) is 33.2 Å². The molecule has 398 valence electrons. The smallest absolute Gasteiger partial charge is 0.179 e. The Kier molecular flexibility index (Phi) is 24.9. The zero-order valence-corrected chi connectivity index (χ0v) is 49.7. The van der Waals surface area contributed by atoms with E-state index in [2.05, 4.69) is 125 Å². The summed E-state index contributed by atoms with van der Waals surface area (Å²) in [6.07, 6.45) is 11.2. The molecule has 0 spiro atoms. The minimum Gasteiger partial charge on any atom is -0.260 e. The molecule has 5 rings (SSSR count). The van der Waals surface area contributed by atoms with Crippen molar-refractivity contribution in [3.63, 3.8) is 0 Å². The monoisotopic (exact) mass is 1040 g/mol. The highest BCUT2D eigenvalue weighted by molar-refractivity contribution is 7.91. The van der Waals surface area contributed by atoms with Gasteiger partial charge in [0.2, 0.25) is 0 Å². The van der Waals surface area contributed by atoms with Gasteiger partial charge in [-0.25, -0.2) is 35.2 Å². The number of sulfone groups is 3. The summed E-state index contributed by atoms with van der Waals surface area (Å²) in [5, 5.41) is 8.61. The van der Waals surface area contributed by atoms with Gasteiger partial charge in [-0.1, -0.05) is 154 Å². The molecular formula is C59H88N4O6S3. The summed E-state index contributed by atoms with van der Waals surface area (Å²) in [5.41, 5.74) is 7.65. The van der Waals surface area contributed by atoms with E-state index in [1.54, 1.807) is 50.2 Å². The van der Waals surface area contributed by atoms with E-state index in [1.807, 2.05) is 67.8 Å². The number of nitriles is 1. The number of rotatable bonds is 10. The molecule has 0 aliphatic carbocycles. The van der Waals surface area contributed by atoms with Crippen molar-refractivity contribution in [3.8, 4) is 6.07 Å². The van der Waals surface area contributed by atoms with E-state index in [0.717, 1.165) is 54.7 Å². The number of pyridine rings is 1. The van der Waals surface area contributed by atoms with E-state index in [0.29, 0.717) is 20.1 Å². The molecule has 0 unspecified atom stereocenters. The van der Waals surface area contributed by atoms with E-state index >= 15 is 0 Å². The van der Waals surface area contributed by atoms with E-state index in [9.17, 15) is 25.3 Å². The lowest BCUT2D eigenvalue weighted by Crippen LogP contribution is -2.11. The molecule has 72 heavy (non-hydrogen) atoms. The minimum atomic E-state index is -3.12. The van der Waals surface area contributed by atoms with Crippen LogP contribution < -0.4 is 0 Å².